The number of carbonyl (C=O) groups is 1. The molecular weight excluding hydrogens is 400 g/mol. The molecule has 0 saturated carbocycles. The maximum atomic E-state index is 11.1. The average Bonchev–Trinajstić information content (AvgIpc) is 3.18. The minimum Gasteiger partial charge on any atom is -0.510 e. The maximum Gasteiger partial charge on any atom is 0.222 e. The summed E-state index contributed by atoms with van der Waals surface area (Å²) in [6.07, 6.45) is 0.148. The van der Waals surface area contributed by atoms with Gasteiger partial charge >= 0.3 is 0 Å². The van der Waals surface area contributed by atoms with Gasteiger partial charge in [-0.05, 0) is 26.0 Å². The van der Waals surface area contributed by atoms with Crippen molar-refractivity contribution >= 4 is 56.1 Å². The molecule has 0 aliphatic rings. The molecule has 3 N–H and O–H groups in total. The van der Waals surface area contributed by atoms with Crippen LogP contribution in [0.2, 0.25) is 0 Å². The quantitative estimate of drug-likeness (QED) is 0.356. The number of rotatable bonds is 6. The first-order valence-electron chi connectivity index (χ1n) is 7.99. The van der Waals surface area contributed by atoms with Crippen LogP contribution < -0.4 is 5.73 Å². The van der Waals surface area contributed by atoms with Crippen LogP contribution in [-0.4, -0.2) is 26.2 Å². The molecule has 1 amide bonds. The number of hydrogen-bond acceptors (Lipinski definition) is 8. The van der Waals surface area contributed by atoms with Crippen molar-refractivity contribution in [2.24, 2.45) is 5.73 Å². The van der Waals surface area contributed by atoms with Crippen molar-refractivity contribution in [3.05, 3.63) is 45.6 Å². The van der Waals surface area contributed by atoms with Gasteiger partial charge in [-0.3, -0.25) is 4.79 Å². The molecule has 9 heteroatoms. The topological polar surface area (TPSA) is 113 Å². The monoisotopic (exact) mass is 416 g/mol. The van der Waals surface area contributed by atoms with Gasteiger partial charge in [0.1, 0.15) is 22.4 Å². The Balaban J connectivity index is 1.86. The molecule has 1 atom stereocenters. The zero-order valence-corrected chi connectivity index (χ0v) is 17.0. The van der Waals surface area contributed by atoms with Crippen LogP contribution >= 0.6 is 34.4 Å². The summed E-state index contributed by atoms with van der Waals surface area (Å²) in [6, 6.07) is 9.67. The van der Waals surface area contributed by atoms with E-state index in [1.54, 1.807) is 6.92 Å². The van der Waals surface area contributed by atoms with Crippen molar-refractivity contribution in [1.29, 1.82) is 5.26 Å². The summed E-state index contributed by atoms with van der Waals surface area (Å²) < 4.78 is 1.67. The fourth-order valence-corrected chi connectivity index (χ4v) is 5.80. The second kappa shape index (κ2) is 8.08. The standard InChI is InChI=1S/C18H16N4O2S3/c1-9-14(7-15(20)23)27-18(21-9)25-10(2)16(24)11(8-19)17-22-12-5-3-4-6-13(12)26-17/h3-6,10,24H,7H2,1-2H3,(H2,20,23). The maximum absolute atomic E-state index is 11.1. The van der Waals surface area contributed by atoms with Crippen LogP contribution in [0.25, 0.3) is 15.8 Å². The third-order valence-electron chi connectivity index (χ3n) is 3.75. The lowest BCUT2D eigenvalue weighted by Crippen LogP contribution is -2.13. The third kappa shape index (κ3) is 4.30. The predicted molar refractivity (Wildman–Crippen MR) is 110 cm³/mol. The van der Waals surface area contributed by atoms with Crippen molar-refractivity contribution in [2.75, 3.05) is 0 Å². The molecule has 0 bridgehead atoms. The lowest BCUT2D eigenvalue weighted by molar-refractivity contribution is -0.117. The van der Waals surface area contributed by atoms with Gasteiger partial charge in [0, 0.05) is 4.88 Å². The highest BCUT2D eigenvalue weighted by Crippen LogP contribution is 2.36. The Morgan fingerprint density at radius 1 is 1.37 bits per heavy atom. The predicted octanol–water partition coefficient (Wildman–Crippen LogP) is 4.06. The lowest BCUT2D eigenvalue weighted by atomic mass is 10.2. The zero-order valence-electron chi connectivity index (χ0n) is 14.6. The molecule has 138 valence electrons. The first kappa shape index (κ1) is 19.4. The highest BCUT2D eigenvalue weighted by molar-refractivity contribution is 8.01. The number of thiazole rings is 2. The molecule has 6 nitrogen and oxygen atoms in total. The van der Waals surface area contributed by atoms with Gasteiger partial charge in [-0.25, -0.2) is 9.97 Å². The second-order valence-corrected chi connectivity index (χ2v) is 9.45. The molecule has 3 aromatic rings. The molecule has 0 saturated heterocycles. The van der Waals surface area contributed by atoms with E-state index in [-0.39, 0.29) is 17.8 Å². The smallest absolute Gasteiger partial charge is 0.222 e. The Morgan fingerprint density at radius 2 is 2.11 bits per heavy atom. The number of hydrogen-bond donors (Lipinski definition) is 2. The number of aliphatic hydroxyl groups excluding tert-OH is 1. The van der Waals surface area contributed by atoms with Crippen molar-refractivity contribution in [1.82, 2.24) is 9.97 Å². The number of carbonyl (C=O) groups excluding carboxylic acids is 1. The van der Waals surface area contributed by atoms with Crippen molar-refractivity contribution < 1.29 is 9.90 Å². The number of para-hydroxylation sites is 1. The van der Waals surface area contributed by atoms with E-state index in [4.69, 9.17) is 5.73 Å². The van der Waals surface area contributed by atoms with Gasteiger partial charge in [-0.15, -0.1) is 22.7 Å². The van der Waals surface area contributed by atoms with Crippen LogP contribution in [0, 0.1) is 18.3 Å². The molecule has 2 heterocycles. The molecule has 27 heavy (non-hydrogen) atoms. The Kier molecular flexibility index (Phi) is 5.79. The Morgan fingerprint density at radius 3 is 2.78 bits per heavy atom. The van der Waals surface area contributed by atoms with Gasteiger partial charge < -0.3 is 10.8 Å². The number of fused-ring (bicyclic) bond motifs is 1. The highest BCUT2D eigenvalue weighted by atomic mass is 32.2. The minimum atomic E-state index is -0.406. The van der Waals surface area contributed by atoms with Gasteiger partial charge in [0.15, 0.2) is 4.34 Å². The Hall–Kier alpha value is -2.41. The van der Waals surface area contributed by atoms with Crippen molar-refractivity contribution in [2.45, 2.75) is 29.9 Å². The summed E-state index contributed by atoms with van der Waals surface area (Å²) in [5.41, 5.74) is 6.97. The van der Waals surface area contributed by atoms with E-state index in [9.17, 15) is 15.2 Å². The van der Waals surface area contributed by atoms with Crippen LogP contribution in [0.3, 0.4) is 0 Å². The Labute approximate surface area is 168 Å². The molecule has 0 fully saturated rings. The minimum absolute atomic E-state index is 0.0362. The SMILES string of the molecule is Cc1nc(SC(C)C(O)=C(C#N)c2nc3ccccc3s2)sc1CC(N)=O. The van der Waals surface area contributed by atoms with Crippen LogP contribution in [0.4, 0.5) is 0 Å². The largest absolute Gasteiger partial charge is 0.510 e. The molecule has 1 aromatic carbocycles. The molecular formula is C18H16N4O2S3. The molecule has 0 spiro atoms. The second-order valence-electron chi connectivity index (χ2n) is 5.75. The number of aryl methyl sites for hydroxylation is 1. The first-order chi connectivity index (χ1) is 12.9. The molecule has 3 rings (SSSR count). The number of primary amides is 1. The summed E-state index contributed by atoms with van der Waals surface area (Å²) in [5, 5.41) is 20.3. The van der Waals surface area contributed by atoms with E-state index in [0.717, 1.165) is 20.8 Å². The fraction of sp³-hybridized carbons (Fsp3) is 0.222. The number of thioether (sulfide) groups is 1. The summed E-state index contributed by atoms with van der Waals surface area (Å²) >= 11 is 4.08. The number of nitriles is 1. The van der Waals surface area contributed by atoms with Gasteiger partial charge in [0.25, 0.3) is 0 Å². The summed E-state index contributed by atoms with van der Waals surface area (Å²) in [6.45, 7) is 3.62. The number of amides is 1. The van der Waals surface area contributed by atoms with Crippen LogP contribution in [0.15, 0.2) is 34.4 Å². The number of benzene rings is 1. The third-order valence-corrected chi connectivity index (χ3v) is 7.16. The van der Waals surface area contributed by atoms with Crippen molar-refractivity contribution in [3.63, 3.8) is 0 Å². The van der Waals surface area contributed by atoms with E-state index in [0.29, 0.717) is 9.35 Å². The van der Waals surface area contributed by atoms with Gasteiger partial charge in [-0.2, -0.15) is 5.26 Å². The zero-order chi connectivity index (χ0) is 19.6. The normalized spacial score (nSPS) is 13.2. The average molecular weight is 417 g/mol. The number of nitrogens with zero attached hydrogens (tertiary/aromatic N) is 3. The van der Waals surface area contributed by atoms with Gasteiger partial charge in [0.2, 0.25) is 5.91 Å². The summed E-state index contributed by atoms with van der Waals surface area (Å²) in [5.74, 6) is -0.442. The molecule has 0 aliphatic heterocycles. The molecule has 1 unspecified atom stereocenters. The van der Waals surface area contributed by atoms with E-state index in [1.165, 1.54) is 34.4 Å². The molecule has 2 aromatic heterocycles. The van der Waals surface area contributed by atoms with E-state index >= 15 is 0 Å². The van der Waals surface area contributed by atoms with E-state index in [1.807, 2.05) is 31.2 Å². The van der Waals surface area contributed by atoms with Crippen LogP contribution in [0.1, 0.15) is 22.5 Å². The number of aromatic nitrogens is 2. The summed E-state index contributed by atoms with van der Waals surface area (Å²) in [7, 11) is 0. The van der Waals surface area contributed by atoms with Gasteiger partial charge in [-0.1, -0.05) is 23.9 Å². The van der Waals surface area contributed by atoms with Crippen LogP contribution in [-0.2, 0) is 11.2 Å². The molecule has 0 aliphatic carbocycles. The van der Waals surface area contributed by atoms with E-state index in [2.05, 4.69) is 16.0 Å². The number of allylic oxidation sites excluding steroid dienone is 1. The molecule has 0 radical (unpaired) electrons. The van der Waals surface area contributed by atoms with Gasteiger partial charge in [0.05, 0.1) is 27.6 Å². The number of nitrogens with two attached hydrogens (primary N) is 1. The first-order valence-corrected chi connectivity index (χ1v) is 10.5. The fourth-order valence-electron chi connectivity index (χ4n) is 2.38. The highest BCUT2D eigenvalue weighted by Gasteiger charge is 2.21. The van der Waals surface area contributed by atoms with Crippen LogP contribution in [0.5, 0.6) is 0 Å². The summed E-state index contributed by atoms with van der Waals surface area (Å²) in [4.78, 5) is 20.8. The van der Waals surface area contributed by atoms with Crippen molar-refractivity contribution in [3.8, 4) is 6.07 Å². The number of aliphatic hydroxyl groups is 1. The lowest BCUT2D eigenvalue weighted by Gasteiger charge is -2.09. The van der Waals surface area contributed by atoms with E-state index < -0.39 is 11.2 Å². The Bertz CT molecular complexity index is 1040.